The van der Waals surface area contributed by atoms with Gasteiger partial charge in [-0.25, -0.2) is 0 Å². The normalized spacial score (nSPS) is 37.6. The van der Waals surface area contributed by atoms with E-state index in [0.717, 1.165) is 38.9 Å². The molecule has 0 amide bonds. The Labute approximate surface area is 116 Å². The average Bonchev–Trinajstić information content (AvgIpc) is 2.99. The van der Waals surface area contributed by atoms with E-state index in [1.165, 1.54) is 6.42 Å². The summed E-state index contributed by atoms with van der Waals surface area (Å²) in [5, 5.41) is 3.41. The van der Waals surface area contributed by atoms with Crippen LogP contribution in [0.3, 0.4) is 0 Å². The van der Waals surface area contributed by atoms with Gasteiger partial charge >= 0.3 is 0 Å². The molecular formula is C13H25N3O2S. The minimum absolute atomic E-state index is 0.201. The van der Waals surface area contributed by atoms with Gasteiger partial charge in [-0.1, -0.05) is 13.3 Å². The number of rotatable bonds is 3. The molecule has 110 valence electrons. The maximum absolute atomic E-state index is 12.8. The molecule has 0 aromatic carbocycles. The lowest BCUT2D eigenvalue weighted by atomic mass is 9.93. The number of nitrogens with one attached hydrogen (secondary N) is 1. The Balaban J connectivity index is 1.80. The van der Waals surface area contributed by atoms with E-state index in [2.05, 4.69) is 12.2 Å². The molecule has 19 heavy (non-hydrogen) atoms. The highest BCUT2D eigenvalue weighted by Crippen LogP contribution is 2.37. The third kappa shape index (κ3) is 2.33. The van der Waals surface area contributed by atoms with Crippen molar-refractivity contribution in [2.75, 3.05) is 32.7 Å². The van der Waals surface area contributed by atoms with Crippen molar-refractivity contribution in [2.24, 2.45) is 11.8 Å². The molecule has 0 spiro atoms. The van der Waals surface area contributed by atoms with E-state index in [9.17, 15) is 8.42 Å². The van der Waals surface area contributed by atoms with E-state index in [4.69, 9.17) is 0 Å². The maximum Gasteiger partial charge on any atom is 0.282 e. The molecule has 3 unspecified atom stereocenters. The highest BCUT2D eigenvalue weighted by Gasteiger charge is 2.49. The Morgan fingerprint density at radius 2 is 1.89 bits per heavy atom. The molecule has 3 rings (SSSR count). The number of piperidine rings is 1. The van der Waals surface area contributed by atoms with Crippen LogP contribution >= 0.6 is 0 Å². The van der Waals surface area contributed by atoms with Crippen molar-refractivity contribution in [1.29, 1.82) is 0 Å². The van der Waals surface area contributed by atoms with Gasteiger partial charge in [0.25, 0.3) is 10.2 Å². The Kier molecular flexibility index (Phi) is 3.86. The third-order valence-electron chi connectivity index (χ3n) is 5.03. The number of nitrogens with zero attached hydrogens (tertiary/aromatic N) is 2. The molecule has 0 aromatic rings. The van der Waals surface area contributed by atoms with Gasteiger partial charge in [0, 0.05) is 25.7 Å². The van der Waals surface area contributed by atoms with Gasteiger partial charge in [0.2, 0.25) is 0 Å². The lowest BCUT2D eigenvalue weighted by Gasteiger charge is -2.33. The Hall–Kier alpha value is -0.170. The molecule has 0 saturated carbocycles. The lowest BCUT2D eigenvalue weighted by molar-refractivity contribution is 0.275. The second-order valence-corrected chi connectivity index (χ2v) is 7.98. The van der Waals surface area contributed by atoms with Crippen molar-refractivity contribution < 1.29 is 8.42 Å². The number of hydrogen-bond donors (Lipinski definition) is 1. The number of hydrogen-bond acceptors (Lipinski definition) is 3. The van der Waals surface area contributed by atoms with Gasteiger partial charge in [-0.15, -0.1) is 0 Å². The van der Waals surface area contributed by atoms with Crippen LogP contribution in [0.2, 0.25) is 0 Å². The predicted molar refractivity (Wildman–Crippen MR) is 75.0 cm³/mol. The molecule has 3 heterocycles. The second kappa shape index (κ2) is 5.31. The van der Waals surface area contributed by atoms with Gasteiger partial charge in [0.15, 0.2) is 0 Å². The zero-order valence-electron chi connectivity index (χ0n) is 11.7. The maximum atomic E-state index is 12.8. The van der Waals surface area contributed by atoms with E-state index in [1.807, 2.05) is 4.31 Å². The molecule has 0 aromatic heterocycles. The molecule has 3 fully saturated rings. The van der Waals surface area contributed by atoms with Gasteiger partial charge in [-0.05, 0) is 44.2 Å². The van der Waals surface area contributed by atoms with Crippen LogP contribution in [0.25, 0.3) is 0 Å². The standard InChI is InChI=1S/C13H25N3O2S/c1-2-13-12-9-14-8-11(12)10-16(13)19(17,18)15-6-4-3-5-7-15/h11-14H,2-10H2,1H3. The number of fused-ring (bicyclic) bond motifs is 1. The highest BCUT2D eigenvalue weighted by molar-refractivity contribution is 7.86. The first-order chi connectivity index (χ1) is 9.14. The monoisotopic (exact) mass is 287 g/mol. The van der Waals surface area contributed by atoms with Gasteiger partial charge in [-0.2, -0.15) is 17.0 Å². The summed E-state index contributed by atoms with van der Waals surface area (Å²) >= 11 is 0. The fourth-order valence-electron chi connectivity index (χ4n) is 4.00. The van der Waals surface area contributed by atoms with Crippen LogP contribution in [0.5, 0.6) is 0 Å². The van der Waals surface area contributed by atoms with E-state index in [1.54, 1.807) is 4.31 Å². The summed E-state index contributed by atoms with van der Waals surface area (Å²) in [5.74, 6) is 1.04. The highest BCUT2D eigenvalue weighted by atomic mass is 32.2. The van der Waals surface area contributed by atoms with E-state index < -0.39 is 10.2 Å². The van der Waals surface area contributed by atoms with Gasteiger partial charge in [-0.3, -0.25) is 0 Å². The minimum atomic E-state index is -3.23. The van der Waals surface area contributed by atoms with Crippen molar-refractivity contribution in [1.82, 2.24) is 13.9 Å². The first kappa shape index (κ1) is 13.8. The quantitative estimate of drug-likeness (QED) is 0.829. The molecule has 3 aliphatic heterocycles. The zero-order valence-corrected chi connectivity index (χ0v) is 12.5. The van der Waals surface area contributed by atoms with Crippen molar-refractivity contribution in [3.63, 3.8) is 0 Å². The molecule has 3 aliphatic rings. The molecular weight excluding hydrogens is 262 g/mol. The summed E-state index contributed by atoms with van der Waals surface area (Å²) in [6.07, 6.45) is 4.12. The Morgan fingerprint density at radius 1 is 1.16 bits per heavy atom. The second-order valence-electron chi connectivity index (χ2n) is 6.09. The van der Waals surface area contributed by atoms with Crippen molar-refractivity contribution >= 4 is 10.2 Å². The molecule has 1 N–H and O–H groups in total. The van der Waals surface area contributed by atoms with Crippen LogP contribution in [-0.2, 0) is 10.2 Å². The average molecular weight is 287 g/mol. The summed E-state index contributed by atoms with van der Waals surface area (Å²) in [6.45, 7) is 6.22. The van der Waals surface area contributed by atoms with Crippen molar-refractivity contribution in [3.8, 4) is 0 Å². The van der Waals surface area contributed by atoms with Gasteiger partial charge in [0.1, 0.15) is 0 Å². The molecule has 0 radical (unpaired) electrons. The molecule has 3 atom stereocenters. The predicted octanol–water partition coefficient (Wildman–Crippen LogP) is 0.647. The van der Waals surface area contributed by atoms with Crippen LogP contribution < -0.4 is 5.32 Å². The molecule has 6 heteroatoms. The third-order valence-corrected chi connectivity index (χ3v) is 7.06. The Morgan fingerprint density at radius 3 is 2.58 bits per heavy atom. The Bertz CT molecular complexity index is 420. The van der Waals surface area contributed by atoms with E-state index >= 15 is 0 Å². The SMILES string of the molecule is CCC1C2CNCC2CN1S(=O)(=O)N1CCCCC1. The largest absolute Gasteiger partial charge is 0.316 e. The molecule has 3 saturated heterocycles. The summed E-state index contributed by atoms with van der Waals surface area (Å²) in [7, 11) is -3.23. The first-order valence-electron chi connectivity index (χ1n) is 7.62. The summed E-state index contributed by atoms with van der Waals surface area (Å²) in [5.41, 5.74) is 0. The van der Waals surface area contributed by atoms with Crippen molar-refractivity contribution in [2.45, 2.75) is 38.6 Å². The van der Waals surface area contributed by atoms with E-state index in [-0.39, 0.29) is 6.04 Å². The molecule has 0 bridgehead atoms. The van der Waals surface area contributed by atoms with Crippen LogP contribution in [0.15, 0.2) is 0 Å². The van der Waals surface area contributed by atoms with Gasteiger partial charge < -0.3 is 5.32 Å². The fourth-order valence-corrected chi connectivity index (χ4v) is 6.04. The minimum Gasteiger partial charge on any atom is -0.316 e. The summed E-state index contributed by atoms with van der Waals surface area (Å²) in [4.78, 5) is 0. The van der Waals surface area contributed by atoms with E-state index in [0.29, 0.717) is 24.9 Å². The van der Waals surface area contributed by atoms with Gasteiger partial charge in [0.05, 0.1) is 0 Å². The first-order valence-corrected chi connectivity index (χ1v) is 9.02. The van der Waals surface area contributed by atoms with Crippen LogP contribution in [0.4, 0.5) is 0 Å². The lowest BCUT2D eigenvalue weighted by Crippen LogP contribution is -2.49. The van der Waals surface area contributed by atoms with Crippen LogP contribution in [-0.4, -0.2) is 55.8 Å². The molecule has 0 aliphatic carbocycles. The molecule has 5 nitrogen and oxygen atoms in total. The van der Waals surface area contributed by atoms with Crippen LogP contribution in [0.1, 0.15) is 32.6 Å². The topological polar surface area (TPSA) is 52.7 Å². The fraction of sp³-hybridized carbons (Fsp3) is 1.00. The van der Waals surface area contributed by atoms with Crippen molar-refractivity contribution in [3.05, 3.63) is 0 Å². The summed E-state index contributed by atoms with van der Waals surface area (Å²) in [6, 6.07) is 0.201. The zero-order chi connectivity index (χ0) is 13.5. The summed E-state index contributed by atoms with van der Waals surface area (Å²) < 4.78 is 29.2. The van der Waals surface area contributed by atoms with Crippen LogP contribution in [0, 0.1) is 11.8 Å². The smallest absolute Gasteiger partial charge is 0.282 e.